The van der Waals surface area contributed by atoms with Crippen LogP contribution < -0.4 is 5.73 Å². The van der Waals surface area contributed by atoms with Gasteiger partial charge in [-0.2, -0.15) is 0 Å². The van der Waals surface area contributed by atoms with E-state index in [0.29, 0.717) is 5.41 Å². The fourth-order valence-corrected chi connectivity index (χ4v) is 2.42. The lowest BCUT2D eigenvalue weighted by Crippen LogP contribution is -2.38. The molecule has 2 fully saturated rings. The van der Waals surface area contributed by atoms with Crippen LogP contribution in [-0.4, -0.2) is 31.1 Å². The summed E-state index contributed by atoms with van der Waals surface area (Å²) in [4.78, 5) is 2.63. The Balaban J connectivity index is 1.74. The number of rotatable bonds is 6. The molecule has 2 aliphatic rings. The van der Waals surface area contributed by atoms with Crippen molar-refractivity contribution in [3.8, 4) is 0 Å². The van der Waals surface area contributed by atoms with E-state index in [1.54, 1.807) is 0 Å². The molecule has 0 aromatic heterocycles. The van der Waals surface area contributed by atoms with Gasteiger partial charge >= 0.3 is 0 Å². The molecule has 0 amide bonds. The standard InChI is InChI=1S/C12H24N2/c1-2-14(8-11-4-3-5-11)10-12(9-13)6-7-12/h11H,2-10,13H2,1H3. The average Bonchev–Trinajstić information content (AvgIpc) is 2.90. The summed E-state index contributed by atoms with van der Waals surface area (Å²) in [6.07, 6.45) is 7.12. The molecule has 0 unspecified atom stereocenters. The topological polar surface area (TPSA) is 29.3 Å². The molecule has 0 aromatic carbocycles. The molecule has 14 heavy (non-hydrogen) atoms. The molecule has 82 valence electrons. The third kappa shape index (κ3) is 2.29. The van der Waals surface area contributed by atoms with E-state index < -0.39 is 0 Å². The maximum atomic E-state index is 5.82. The Morgan fingerprint density at radius 3 is 2.43 bits per heavy atom. The predicted molar refractivity (Wildman–Crippen MR) is 60.2 cm³/mol. The van der Waals surface area contributed by atoms with Crippen LogP contribution in [0.25, 0.3) is 0 Å². The van der Waals surface area contributed by atoms with Crippen LogP contribution in [-0.2, 0) is 0 Å². The lowest BCUT2D eigenvalue weighted by Gasteiger charge is -2.33. The molecule has 0 spiro atoms. The Morgan fingerprint density at radius 1 is 1.36 bits per heavy atom. The molecule has 2 aliphatic carbocycles. The van der Waals surface area contributed by atoms with Crippen LogP contribution in [0.3, 0.4) is 0 Å². The molecule has 2 N–H and O–H groups in total. The summed E-state index contributed by atoms with van der Waals surface area (Å²) in [6.45, 7) is 6.98. The van der Waals surface area contributed by atoms with Gasteiger partial charge in [-0.05, 0) is 50.1 Å². The lowest BCUT2D eigenvalue weighted by molar-refractivity contribution is 0.159. The summed E-state index contributed by atoms with van der Waals surface area (Å²) < 4.78 is 0. The van der Waals surface area contributed by atoms with Crippen molar-refractivity contribution < 1.29 is 0 Å². The Hall–Kier alpha value is -0.0800. The van der Waals surface area contributed by atoms with Crippen molar-refractivity contribution in [2.75, 3.05) is 26.2 Å². The molecule has 0 aliphatic heterocycles. The Labute approximate surface area is 87.8 Å². The third-order valence-corrected chi connectivity index (χ3v) is 4.14. The highest BCUT2D eigenvalue weighted by Gasteiger charge is 2.42. The normalized spacial score (nSPS) is 25.1. The van der Waals surface area contributed by atoms with Gasteiger partial charge in [-0.25, -0.2) is 0 Å². The van der Waals surface area contributed by atoms with Crippen molar-refractivity contribution in [1.29, 1.82) is 0 Å². The molecule has 2 rings (SSSR count). The summed E-state index contributed by atoms with van der Waals surface area (Å²) >= 11 is 0. The minimum atomic E-state index is 0.528. The van der Waals surface area contributed by atoms with Crippen LogP contribution >= 0.6 is 0 Å². The second-order valence-corrected chi connectivity index (χ2v) is 5.33. The zero-order valence-corrected chi connectivity index (χ0v) is 9.47. The molecular weight excluding hydrogens is 172 g/mol. The van der Waals surface area contributed by atoms with Gasteiger partial charge in [0.15, 0.2) is 0 Å². The van der Waals surface area contributed by atoms with E-state index in [2.05, 4.69) is 11.8 Å². The highest BCUT2D eigenvalue weighted by Crippen LogP contribution is 2.45. The van der Waals surface area contributed by atoms with Crippen LogP contribution in [0.2, 0.25) is 0 Å². The van der Waals surface area contributed by atoms with Crippen molar-refractivity contribution in [3.63, 3.8) is 0 Å². The number of nitrogens with two attached hydrogens (primary N) is 1. The maximum absolute atomic E-state index is 5.82. The second kappa shape index (κ2) is 4.19. The van der Waals surface area contributed by atoms with E-state index in [1.807, 2.05) is 0 Å². The Kier molecular flexibility index (Phi) is 3.13. The number of hydrogen-bond donors (Lipinski definition) is 1. The quantitative estimate of drug-likeness (QED) is 0.702. The van der Waals surface area contributed by atoms with Gasteiger partial charge in [-0.1, -0.05) is 13.3 Å². The fraction of sp³-hybridized carbons (Fsp3) is 1.00. The first-order valence-corrected chi connectivity index (χ1v) is 6.20. The predicted octanol–water partition coefficient (Wildman–Crippen LogP) is 1.85. The van der Waals surface area contributed by atoms with Crippen molar-refractivity contribution in [2.45, 2.75) is 39.0 Å². The van der Waals surface area contributed by atoms with E-state index in [4.69, 9.17) is 5.73 Å². The van der Waals surface area contributed by atoms with Crippen LogP contribution in [0, 0.1) is 11.3 Å². The van der Waals surface area contributed by atoms with E-state index in [9.17, 15) is 0 Å². The van der Waals surface area contributed by atoms with Crippen molar-refractivity contribution in [3.05, 3.63) is 0 Å². The van der Waals surface area contributed by atoms with Gasteiger partial charge in [0.1, 0.15) is 0 Å². The Bertz CT molecular complexity index is 183. The van der Waals surface area contributed by atoms with E-state index >= 15 is 0 Å². The molecule has 0 radical (unpaired) electrons. The molecule has 0 saturated heterocycles. The zero-order valence-electron chi connectivity index (χ0n) is 9.47. The molecule has 0 heterocycles. The van der Waals surface area contributed by atoms with Gasteiger partial charge in [0, 0.05) is 13.1 Å². The van der Waals surface area contributed by atoms with Gasteiger partial charge in [0.2, 0.25) is 0 Å². The average molecular weight is 196 g/mol. The third-order valence-electron chi connectivity index (χ3n) is 4.14. The van der Waals surface area contributed by atoms with Gasteiger partial charge < -0.3 is 10.6 Å². The summed E-state index contributed by atoms with van der Waals surface area (Å²) in [6, 6.07) is 0. The molecule has 2 nitrogen and oxygen atoms in total. The molecule has 2 heteroatoms. The maximum Gasteiger partial charge on any atom is 0.00501 e. The van der Waals surface area contributed by atoms with Crippen molar-refractivity contribution in [2.24, 2.45) is 17.1 Å². The van der Waals surface area contributed by atoms with Gasteiger partial charge in [-0.15, -0.1) is 0 Å². The van der Waals surface area contributed by atoms with E-state index in [0.717, 1.165) is 12.5 Å². The van der Waals surface area contributed by atoms with Crippen molar-refractivity contribution >= 4 is 0 Å². The molecule has 0 bridgehead atoms. The van der Waals surface area contributed by atoms with Gasteiger partial charge in [0.05, 0.1) is 0 Å². The Morgan fingerprint density at radius 2 is 2.07 bits per heavy atom. The van der Waals surface area contributed by atoms with Crippen LogP contribution in [0.4, 0.5) is 0 Å². The largest absolute Gasteiger partial charge is 0.330 e. The number of nitrogens with zero attached hydrogens (tertiary/aromatic N) is 1. The molecular formula is C12H24N2. The first-order valence-electron chi connectivity index (χ1n) is 6.20. The first-order chi connectivity index (χ1) is 6.78. The first kappa shape index (κ1) is 10.4. The number of hydrogen-bond acceptors (Lipinski definition) is 2. The SMILES string of the molecule is CCN(CC1CCC1)CC1(CN)CC1. The van der Waals surface area contributed by atoms with E-state index in [-0.39, 0.29) is 0 Å². The highest BCUT2D eigenvalue weighted by atomic mass is 15.1. The van der Waals surface area contributed by atoms with Crippen LogP contribution in [0.15, 0.2) is 0 Å². The second-order valence-electron chi connectivity index (χ2n) is 5.33. The molecule has 2 saturated carbocycles. The highest BCUT2D eigenvalue weighted by molar-refractivity contribution is 4.96. The summed E-state index contributed by atoms with van der Waals surface area (Å²) in [5.41, 5.74) is 6.35. The molecule has 0 aromatic rings. The molecule has 0 atom stereocenters. The van der Waals surface area contributed by atoms with Gasteiger partial charge in [-0.3, -0.25) is 0 Å². The fourth-order valence-electron chi connectivity index (χ4n) is 2.42. The minimum Gasteiger partial charge on any atom is -0.330 e. The summed E-state index contributed by atoms with van der Waals surface area (Å²) in [5.74, 6) is 1.00. The smallest absolute Gasteiger partial charge is 0.00501 e. The lowest BCUT2D eigenvalue weighted by atomic mass is 9.85. The zero-order chi connectivity index (χ0) is 10.0. The van der Waals surface area contributed by atoms with Crippen LogP contribution in [0.5, 0.6) is 0 Å². The van der Waals surface area contributed by atoms with Crippen LogP contribution in [0.1, 0.15) is 39.0 Å². The van der Waals surface area contributed by atoms with Gasteiger partial charge in [0.25, 0.3) is 0 Å². The summed E-state index contributed by atoms with van der Waals surface area (Å²) in [7, 11) is 0. The monoisotopic (exact) mass is 196 g/mol. The minimum absolute atomic E-state index is 0.528. The summed E-state index contributed by atoms with van der Waals surface area (Å²) in [5, 5.41) is 0. The van der Waals surface area contributed by atoms with E-state index in [1.165, 1.54) is 51.7 Å². The van der Waals surface area contributed by atoms with Crippen molar-refractivity contribution in [1.82, 2.24) is 4.90 Å².